The average molecular weight is 344 g/mol. The van der Waals surface area contributed by atoms with Gasteiger partial charge in [-0.05, 0) is 26.3 Å². The molecule has 1 aliphatic rings. The molecule has 0 aromatic carbocycles. The molecule has 0 bridgehead atoms. The topological polar surface area (TPSA) is 85.2 Å². The summed E-state index contributed by atoms with van der Waals surface area (Å²) in [6.07, 6.45) is 3.76. The van der Waals surface area contributed by atoms with Crippen LogP contribution in [0.4, 0.5) is 4.79 Å². The molecular formula is C17H24N6O2. The van der Waals surface area contributed by atoms with E-state index in [0.717, 1.165) is 36.6 Å². The number of carbonyl (C=O) groups is 1. The number of aryl methyl sites for hydroxylation is 1. The molecule has 0 fully saturated rings. The summed E-state index contributed by atoms with van der Waals surface area (Å²) in [5.41, 5.74) is 0.848. The molecular weight excluding hydrogens is 320 g/mol. The zero-order valence-electron chi connectivity index (χ0n) is 14.9. The highest BCUT2D eigenvalue weighted by molar-refractivity contribution is 5.73. The maximum absolute atomic E-state index is 12.4. The van der Waals surface area contributed by atoms with E-state index in [0.29, 0.717) is 19.0 Å². The molecule has 3 heterocycles. The summed E-state index contributed by atoms with van der Waals surface area (Å²) < 4.78 is 7.77. The molecule has 8 nitrogen and oxygen atoms in total. The van der Waals surface area contributed by atoms with Crippen LogP contribution in [0.15, 0.2) is 18.3 Å². The van der Waals surface area contributed by atoms with Gasteiger partial charge in [0.1, 0.15) is 5.82 Å². The maximum atomic E-state index is 12.4. The van der Waals surface area contributed by atoms with Crippen molar-refractivity contribution in [1.29, 1.82) is 0 Å². The van der Waals surface area contributed by atoms with E-state index in [2.05, 4.69) is 25.1 Å². The van der Waals surface area contributed by atoms with Gasteiger partial charge in [0.15, 0.2) is 5.82 Å². The summed E-state index contributed by atoms with van der Waals surface area (Å²) >= 11 is 0. The number of hydrogen-bond donors (Lipinski definition) is 1. The third kappa shape index (κ3) is 4.07. The number of nitrogens with zero attached hydrogens (tertiary/aromatic N) is 5. The highest BCUT2D eigenvalue weighted by atomic mass is 16.5. The van der Waals surface area contributed by atoms with Gasteiger partial charge in [0.2, 0.25) is 5.88 Å². The predicted molar refractivity (Wildman–Crippen MR) is 92.0 cm³/mol. The van der Waals surface area contributed by atoms with Gasteiger partial charge < -0.3 is 19.5 Å². The van der Waals surface area contributed by atoms with Crippen LogP contribution in [0.2, 0.25) is 0 Å². The van der Waals surface area contributed by atoms with E-state index in [4.69, 9.17) is 4.74 Å². The first kappa shape index (κ1) is 17.2. The summed E-state index contributed by atoms with van der Waals surface area (Å²) in [5, 5.41) is 11.3. The van der Waals surface area contributed by atoms with Gasteiger partial charge in [-0.1, -0.05) is 6.07 Å². The van der Waals surface area contributed by atoms with Crippen LogP contribution in [0, 0.1) is 0 Å². The quantitative estimate of drug-likeness (QED) is 0.863. The fraction of sp³-hybridized carbons (Fsp3) is 0.529. The van der Waals surface area contributed by atoms with E-state index in [-0.39, 0.29) is 12.1 Å². The Hall–Kier alpha value is -2.64. The van der Waals surface area contributed by atoms with E-state index in [1.165, 1.54) is 0 Å². The number of urea groups is 1. The van der Waals surface area contributed by atoms with E-state index < -0.39 is 0 Å². The van der Waals surface area contributed by atoms with Crippen LogP contribution >= 0.6 is 0 Å². The molecule has 0 unspecified atom stereocenters. The van der Waals surface area contributed by atoms with Crippen molar-refractivity contribution in [3.8, 4) is 5.88 Å². The number of aromatic nitrogens is 4. The van der Waals surface area contributed by atoms with Crippen molar-refractivity contribution in [2.45, 2.75) is 52.4 Å². The lowest BCUT2D eigenvalue weighted by molar-refractivity contribution is 0.203. The summed E-state index contributed by atoms with van der Waals surface area (Å²) in [6, 6.07) is 3.56. The Labute approximate surface area is 147 Å². The van der Waals surface area contributed by atoms with Crippen LogP contribution in [0.25, 0.3) is 0 Å². The highest BCUT2D eigenvalue weighted by Gasteiger charge is 2.20. The lowest BCUT2D eigenvalue weighted by Crippen LogP contribution is -2.37. The van der Waals surface area contributed by atoms with Crippen molar-refractivity contribution in [2.75, 3.05) is 7.05 Å². The number of nitrogens with one attached hydrogen (secondary N) is 1. The summed E-state index contributed by atoms with van der Waals surface area (Å²) in [5.74, 6) is 2.39. The Kier molecular flexibility index (Phi) is 5.16. The fourth-order valence-corrected chi connectivity index (χ4v) is 2.81. The predicted octanol–water partition coefficient (Wildman–Crippen LogP) is 1.75. The monoisotopic (exact) mass is 344 g/mol. The second kappa shape index (κ2) is 7.50. The largest absolute Gasteiger partial charge is 0.475 e. The van der Waals surface area contributed by atoms with E-state index >= 15 is 0 Å². The van der Waals surface area contributed by atoms with E-state index in [1.807, 2.05) is 26.0 Å². The summed E-state index contributed by atoms with van der Waals surface area (Å²) in [7, 11) is 1.75. The number of hydrogen-bond acceptors (Lipinski definition) is 5. The zero-order valence-corrected chi connectivity index (χ0v) is 14.9. The molecule has 0 saturated carbocycles. The molecule has 1 aliphatic heterocycles. The molecule has 0 saturated heterocycles. The maximum Gasteiger partial charge on any atom is 0.317 e. The molecule has 2 amide bonds. The van der Waals surface area contributed by atoms with E-state index in [9.17, 15) is 4.79 Å². The van der Waals surface area contributed by atoms with Crippen LogP contribution in [-0.2, 0) is 26.1 Å². The van der Waals surface area contributed by atoms with Gasteiger partial charge in [-0.2, -0.15) is 0 Å². The Bertz CT molecular complexity index is 742. The summed E-state index contributed by atoms with van der Waals surface area (Å²) in [6.45, 7) is 5.61. The van der Waals surface area contributed by atoms with E-state index in [1.54, 1.807) is 18.1 Å². The number of ether oxygens (including phenoxy) is 1. The minimum absolute atomic E-state index is 0.0297. The minimum atomic E-state index is -0.172. The number of fused-ring (bicyclic) bond motifs is 1. The second-order valence-corrected chi connectivity index (χ2v) is 6.44. The molecule has 0 radical (unpaired) electrons. The normalized spacial score (nSPS) is 13.0. The highest BCUT2D eigenvalue weighted by Crippen LogP contribution is 2.16. The second-order valence-electron chi connectivity index (χ2n) is 6.44. The van der Waals surface area contributed by atoms with Crippen LogP contribution in [0.5, 0.6) is 5.88 Å². The Morgan fingerprint density at radius 1 is 1.44 bits per heavy atom. The third-order valence-electron chi connectivity index (χ3n) is 4.04. The zero-order chi connectivity index (χ0) is 17.8. The third-order valence-corrected chi connectivity index (χ3v) is 4.04. The van der Waals surface area contributed by atoms with Gasteiger partial charge in [0.25, 0.3) is 0 Å². The first-order valence-corrected chi connectivity index (χ1v) is 8.55. The summed E-state index contributed by atoms with van der Waals surface area (Å²) in [4.78, 5) is 18.2. The standard InChI is InChI=1S/C17H24N6O2/c1-12(2)25-16-13(6-4-8-18-16)10-19-17(24)22(3)11-15-21-20-14-7-5-9-23(14)15/h4,6,8,12H,5,7,9-11H2,1-3H3,(H,19,24). The van der Waals surface area contributed by atoms with Crippen molar-refractivity contribution in [3.05, 3.63) is 35.5 Å². The number of rotatable bonds is 6. The molecule has 3 rings (SSSR count). The van der Waals surface area contributed by atoms with Crippen molar-refractivity contribution in [1.82, 2.24) is 30.0 Å². The van der Waals surface area contributed by atoms with Gasteiger partial charge in [0.05, 0.1) is 12.6 Å². The van der Waals surface area contributed by atoms with Crippen LogP contribution in [-0.4, -0.2) is 43.8 Å². The first-order valence-electron chi connectivity index (χ1n) is 8.55. The van der Waals surface area contributed by atoms with Gasteiger partial charge >= 0.3 is 6.03 Å². The molecule has 2 aromatic heterocycles. The molecule has 0 atom stereocenters. The molecule has 25 heavy (non-hydrogen) atoms. The van der Waals surface area contributed by atoms with Crippen LogP contribution < -0.4 is 10.1 Å². The molecule has 1 N–H and O–H groups in total. The van der Waals surface area contributed by atoms with Crippen molar-refractivity contribution >= 4 is 6.03 Å². The SMILES string of the molecule is CC(C)Oc1ncccc1CNC(=O)N(C)Cc1nnc2n1CCC2. The van der Waals surface area contributed by atoms with Gasteiger partial charge in [-0.3, -0.25) is 0 Å². The Balaban J connectivity index is 1.57. The van der Waals surface area contributed by atoms with Crippen molar-refractivity contribution < 1.29 is 9.53 Å². The number of carbonyl (C=O) groups excluding carboxylic acids is 1. The number of pyridine rings is 1. The molecule has 134 valence electrons. The minimum Gasteiger partial charge on any atom is -0.475 e. The fourth-order valence-electron chi connectivity index (χ4n) is 2.81. The average Bonchev–Trinajstić information content (AvgIpc) is 3.18. The van der Waals surface area contributed by atoms with Crippen LogP contribution in [0.3, 0.4) is 0 Å². The first-order chi connectivity index (χ1) is 12.0. The molecule has 8 heteroatoms. The smallest absolute Gasteiger partial charge is 0.317 e. The molecule has 2 aromatic rings. The Morgan fingerprint density at radius 3 is 3.08 bits per heavy atom. The van der Waals surface area contributed by atoms with Gasteiger partial charge in [0, 0.05) is 38.3 Å². The number of amides is 2. The van der Waals surface area contributed by atoms with Crippen LogP contribution in [0.1, 0.15) is 37.5 Å². The van der Waals surface area contributed by atoms with Crippen molar-refractivity contribution in [2.24, 2.45) is 0 Å². The lowest BCUT2D eigenvalue weighted by Gasteiger charge is -2.18. The van der Waals surface area contributed by atoms with Crippen molar-refractivity contribution in [3.63, 3.8) is 0 Å². The van der Waals surface area contributed by atoms with Gasteiger partial charge in [-0.15, -0.1) is 10.2 Å². The molecule has 0 spiro atoms. The van der Waals surface area contributed by atoms with Gasteiger partial charge in [-0.25, -0.2) is 9.78 Å². The lowest BCUT2D eigenvalue weighted by atomic mass is 10.2. The molecule has 0 aliphatic carbocycles. The Morgan fingerprint density at radius 2 is 2.28 bits per heavy atom.